The van der Waals surface area contributed by atoms with Gasteiger partial charge in [0.15, 0.2) is 5.13 Å². The summed E-state index contributed by atoms with van der Waals surface area (Å²) >= 11 is 8.96. The van der Waals surface area contributed by atoms with Gasteiger partial charge in [0.05, 0.1) is 16.2 Å². The maximum absolute atomic E-state index is 12.4. The average Bonchev–Trinajstić information content (AvgIpc) is 3.18. The van der Waals surface area contributed by atoms with Crippen LogP contribution >= 0.6 is 34.7 Å². The summed E-state index contributed by atoms with van der Waals surface area (Å²) in [6, 6.07) is 13.9. The van der Waals surface area contributed by atoms with Gasteiger partial charge in [0.2, 0.25) is 5.91 Å². The normalized spacial score (nSPS) is 11.1. The van der Waals surface area contributed by atoms with Gasteiger partial charge in [-0.25, -0.2) is 9.97 Å². The standard InChI is InChI=1S/C24H22ClN3OS2/c1-14-10-16(3)23-19(11-14)15(2)12-22(28-23)30-9-8-21(29)27-24-26-20(13-31-24)17-4-6-18(25)7-5-17/h4-7,10-13H,8-9H2,1-3H3,(H,26,27,29). The zero-order valence-electron chi connectivity index (χ0n) is 17.5. The molecule has 2 aromatic heterocycles. The van der Waals surface area contributed by atoms with Crippen molar-refractivity contribution >= 4 is 56.6 Å². The topological polar surface area (TPSA) is 54.9 Å². The number of halogens is 1. The Kier molecular flexibility index (Phi) is 6.60. The van der Waals surface area contributed by atoms with Gasteiger partial charge in [-0.2, -0.15) is 0 Å². The number of aromatic nitrogens is 2. The van der Waals surface area contributed by atoms with Gasteiger partial charge in [0.1, 0.15) is 0 Å². The minimum Gasteiger partial charge on any atom is -0.302 e. The maximum atomic E-state index is 12.4. The lowest BCUT2D eigenvalue weighted by atomic mass is 10.0. The van der Waals surface area contributed by atoms with Gasteiger partial charge in [0, 0.05) is 33.5 Å². The second-order valence-corrected chi connectivity index (χ2v) is 9.86. The first-order chi connectivity index (χ1) is 14.9. The first kappa shape index (κ1) is 21.8. The third kappa shape index (κ3) is 5.26. The van der Waals surface area contributed by atoms with Gasteiger partial charge in [-0.3, -0.25) is 4.79 Å². The molecule has 0 spiro atoms. The number of fused-ring (bicyclic) bond motifs is 1. The summed E-state index contributed by atoms with van der Waals surface area (Å²) in [6.45, 7) is 6.31. The van der Waals surface area contributed by atoms with Crippen LogP contribution in [0.2, 0.25) is 5.02 Å². The molecular weight excluding hydrogens is 446 g/mol. The molecule has 0 aliphatic heterocycles. The van der Waals surface area contributed by atoms with Gasteiger partial charge < -0.3 is 5.32 Å². The minimum absolute atomic E-state index is 0.0474. The van der Waals surface area contributed by atoms with Crippen molar-refractivity contribution in [3.63, 3.8) is 0 Å². The molecule has 7 heteroatoms. The smallest absolute Gasteiger partial charge is 0.226 e. The van der Waals surface area contributed by atoms with Crippen molar-refractivity contribution in [2.45, 2.75) is 32.2 Å². The summed E-state index contributed by atoms with van der Waals surface area (Å²) in [5.41, 5.74) is 6.47. The molecular formula is C24H22ClN3OS2. The first-order valence-electron chi connectivity index (χ1n) is 9.92. The fraction of sp³-hybridized carbons (Fsp3) is 0.208. The molecule has 0 aliphatic carbocycles. The van der Waals surface area contributed by atoms with Crippen LogP contribution in [-0.2, 0) is 4.79 Å². The second kappa shape index (κ2) is 9.39. The van der Waals surface area contributed by atoms with Crippen molar-refractivity contribution < 1.29 is 4.79 Å². The molecule has 1 amide bonds. The van der Waals surface area contributed by atoms with E-state index >= 15 is 0 Å². The number of nitrogens with zero attached hydrogens (tertiary/aromatic N) is 2. The molecule has 0 saturated carbocycles. The van der Waals surface area contributed by atoms with Crippen molar-refractivity contribution in [1.29, 1.82) is 0 Å². The molecule has 0 atom stereocenters. The number of pyridine rings is 1. The molecule has 1 N–H and O–H groups in total. The number of amides is 1. The number of hydrogen-bond acceptors (Lipinski definition) is 5. The third-order valence-corrected chi connectivity index (χ3v) is 6.82. The molecule has 0 unspecified atom stereocenters. The Morgan fingerprint density at radius 3 is 2.61 bits per heavy atom. The first-order valence-corrected chi connectivity index (χ1v) is 12.2. The Morgan fingerprint density at radius 2 is 1.84 bits per heavy atom. The molecule has 4 aromatic rings. The predicted molar refractivity (Wildman–Crippen MR) is 132 cm³/mol. The summed E-state index contributed by atoms with van der Waals surface area (Å²) in [4.78, 5) is 21.7. The van der Waals surface area contributed by atoms with Crippen LogP contribution < -0.4 is 5.32 Å². The molecule has 2 heterocycles. The van der Waals surface area contributed by atoms with E-state index in [1.165, 1.54) is 33.4 Å². The second-order valence-electron chi connectivity index (χ2n) is 7.45. The molecule has 158 valence electrons. The largest absolute Gasteiger partial charge is 0.302 e. The van der Waals surface area contributed by atoms with E-state index < -0.39 is 0 Å². The van der Waals surface area contributed by atoms with Gasteiger partial charge >= 0.3 is 0 Å². The number of thioether (sulfide) groups is 1. The average molecular weight is 468 g/mol. The van der Waals surface area contributed by atoms with Crippen LogP contribution in [0, 0.1) is 20.8 Å². The number of carbonyl (C=O) groups is 1. The van der Waals surface area contributed by atoms with E-state index in [9.17, 15) is 4.79 Å². The minimum atomic E-state index is -0.0474. The molecule has 0 bridgehead atoms. The zero-order valence-corrected chi connectivity index (χ0v) is 19.9. The van der Waals surface area contributed by atoms with Crippen LogP contribution in [0.5, 0.6) is 0 Å². The van der Waals surface area contributed by atoms with E-state index in [0.29, 0.717) is 22.3 Å². The molecule has 4 nitrogen and oxygen atoms in total. The van der Waals surface area contributed by atoms with Crippen LogP contribution in [0.1, 0.15) is 23.1 Å². The number of anilines is 1. The van der Waals surface area contributed by atoms with E-state index in [4.69, 9.17) is 16.6 Å². The summed E-state index contributed by atoms with van der Waals surface area (Å²) in [5.74, 6) is 0.609. The van der Waals surface area contributed by atoms with Gasteiger partial charge in [-0.1, -0.05) is 35.4 Å². The van der Waals surface area contributed by atoms with Crippen molar-refractivity contribution in [3.8, 4) is 11.3 Å². The number of nitrogens with one attached hydrogen (secondary N) is 1. The quantitative estimate of drug-likeness (QED) is 0.308. The van der Waals surface area contributed by atoms with Crippen molar-refractivity contribution in [1.82, 2.24) is 9.97 Å². The van der Waals surface area contributed by atoms with Crippen LogP contribution in [0.3, 0.4) is 0 Å². The Morgan fingerprint density at radius 1 is 1.06 bits per heavy atom. The van der Waals surface area contributed by atoms with Crippen molar-refractivity contribution in [2.75, 3.05) is 11.1 Å². The monoisotopic (exact) mass is 467 g/mol. The summed E-state index contributed by atoms with van der Waals surface area (Å²) in [6.07, 6.45) is 0.395. The van der Waals surface area contributed by atoms with Crippen LogP contribution in [-0.4, -0.2) is 21.6 Å². The fourth-order valence-corrected chi connectivity index (χ4v) is 5.18. The van der Waals surface area contributed by atoms with Crippen LogP contribution in [0.25, 0.3) is 22.2 Å². The Balaban J connectivity index is 1.35. The maximum Gasteiger partial charge on any atom is 0.226 e. The highest BCUT2D eigenvalue weighted by Crippen LogP contribution is 2.28. The van der Waals surface area contributed by atoms with E-state index in [1.54, 1.807) is 11.8 Å². The Labute approximate surface area is 195 Å². The van der Waals surface area contributed by atoms with E-state index in [0.717, 1.165) is 21.8 Å². The lowest BCUT2D eigenvalue weighted by Gasteiger charge is -2.09. The lowest BCUT2D eigenvalue weighted by Crippen LogP contribution is -2.12. The summed E-state index contributed by atoms with van der Waals surface area (Å²) in [5, 5.41) is 8.26. The number of hydrogen-bond donors (Lipinski definition) is 1. The Hall–Kier alpha value is -2.41. The summed E-state index contributed by atoms with van der Waals surface area (Å²) < 4.78 is 0. The van der Waals surface area contributed by atoms with Gasteiger partial charge in [-0.15, -0.1) is 23.1 Å². The highest BCUT2D eigenvalue weighted by atomic mass is 35.5. The van der Waals surface area contributed by atoms with E-state index in [-0.39, 0.29) is 5.91 Å². The molecule has 2 aromatic carbocycles. The summed E-state index contributed by atoms with van der Waals surface area (Å²) in [7, 11) is 0. The lowest BCUT2D eigenvalue weighted by molar-refractivity contribution is -0.115. The fourth-order valence-electron chi connectivity index (χ4n) is 3.40. The Bertz CT molecular complexity index is 1250. The SMILES string of the molecule is Cc1cc(C)c2nc(SCCC(=O)Nc3nc(-c4ccc(Cl)cc4)cs3)cc(C)c2c1. The third-order valence-electron chi connectivity index (χ3n) is 4.90. The number of aryl methyl sites for hydroxylation is 3. The van der Waals surface area contributed by atoms with E-state index in [2.05, 4.69) is 49.3 Å². The zero-order chi connectivity index (χ0) is 22.0. The van der Waals surface area contributed by atoms with Crippen LogP contribution in [0.15, 0.2) is 52.9 Å². The molecule has 4 rings (SSSR count). The molecule has 0 fully saturated rings. The number of carbonyl (C=O) groups excluding carboxylic acids is 1. The molecule has 0 aliphatic rings. The highest BCUT2D eigenvalue weighted by Gasteiger charge is 2.10. The number of benzene rings is 2. The number of rotatable bonds is 6. The van der Waals surface area contributed by atoms with E-state index in [1.807, 2.05) is 29.6 Å². The number of thiazole rings is 1. The predicted octanol–water partition coefficient (Wildman–Crippen LogP) is 7.06. The van der Waals surface area contributed by atoms with Crippen molar-refractivity contribution in [2.24, 2.45) is 0 Å². The molecule has 0 radical (unpaired) electrons. The molecule has 0 saturated heterocycles. The molecule has 31 heavy (non-hydrogen) atoms. The van der Waals surface area contributed by atoms with Gasteiger partial charge in [0.25, 0.3) is 0 Å². The highest BCUT2D eigenvalue weighted by molar-refractivity contribution is 7.99. The van der Waals surface area contributed by atoms with Gasteiger partial charge in [-0.05, 0) is 56.2 Å². The van der Waals surface area contributed by atoms with Crippen LogP contribution in [0.4, 0.5) is 5.13 Å². The van der Waals surface area contributed by atoms with Crippen molar-refractivity contribution in [3.05, 3.63) is 69.6 Å².